The van der Waals surface area contributed by atoms with Gasteiger partial charge < -0.3 is 9.47 Å². The molecule has 0 radical (unpaired) electrons. The lowest BCUT2D eigenvalue weighted by molar-refractivity contribution is -0.147. The second-order valence-electron chi connectivity index (χ2n) is 3.64. The summed E-state index contributed by atoms with van der Waals surface area (Å²) < 4.78 is 10.1. The number of carbonyl (C=O) groups excluding carboxylic acids is 1. The van der Waals surface area contributed by atoms with Gasteiger partial charge in [-0.2, -0.15) is 0 Å². The van der Waals surface area contributed by atoms with Crippen LogP contribution in [0.2, 0.25) is 0 Å². The fraction of sp³-hybridized carbons (Fsp3) is 0.231. The highest BCUT2D eigenvalue weighted by Crippen LogP contribution is 2.19. The maximum absolute atomic E-state index is 11.2. The number of aromatic nitrogens is 1. The number of methoxy groups -OCH3 is 1. The SMILES string of the molecule is COC(=O)[C@@H](C)Oc1ccc2cccnc2c1. The van der Waals surface area contributed by atoms with Crippen molar-refractivity contribution in [1.29, 1.82) is 0 Å². The van der Waals surface area contributed by atoms with Crippen LogP contribution in [0, 0.1) is 0 Å². The number of carbonyl (C=O) groups is 1. The quantitative estimate of drug-likeness (QED) is 0.759. The third kappa shape index (κ3) is 2.53. The number of esters is 1. The molecule has 0 N–H and O–H groups in total. The highest BCUT2D eigenvalue weighted by atomic mass is 16.6. The van der Waals surface area contributed by atoms with Crippen molar-refractivity contribution in [3.05, 3.63) is 36.5 Å². The van der Waals surface area contributed by atoms with Gasteiger partial charge in [-0.05, 0) is 25.1 Å². The molecule has 0 spiro atoms. The first-order valence-corrected chi connectivity index (χ1v) is 5.30. The van der Waals surface area contributed by atoms with Crippen LogP contribution < -0.4 is 4.74 Å². The van der Waals surface area contributed by atoms with Crippen LogP contribution in [0.3, 0.4) is 0 Å². The van der Waals surface area contributed by atoms with Gasteiger partial charge in [0, 0.05) is 17.6 Å². The summed E-state index contributed by atoms with van der Waals surface area (Å²) in [4.78, 5) is 15.4. The molecule has 0 saturated carbocycles. The van der Waals surface area contributed by atoms with Crippen molar-refractivity contribution in [2.75, 3.05) is 7.11 Å². The zero-order valence-corrected chi connectivity index (χ0v) is 9.71. The molecule has 0 aliphatic heterocycles. The van der Waals surface area contributed by atoms with Crippen molar-refractivity contribution < 1.29 is 14.3 Å². The second-order valence-corrected chi connectivity index (χ2v) is 3.64. The number of hydrogen-bond donors (Lipinski definition) is 0. The van der Waals surface area contributed by atoms with Crippen molar-refractivity contribution in [1.82, 2.24) is 4.98 Å². The fourth-order valence-corrected chi connectivity index (χ4v) is 1.54. The average molecular weight is 231 g/mol. The lowest BCUT2D eigenvalue weighted by Gasteiger charge is -2.12. The maximum Gasteiger partial charge on any atom is 0.346 e. The largest absolute Gasteiger partial charge is 0.479 e. The van der Waals surface area contributed by atoms with Gasteiger partial charge in [0.1, 0.15) is 5.75 Å². The van der Waals surface area contributed by atoms with E-state index in [1.807, 2.05) is 24.3 Å². The Labute approximate surface area is 99.2 Å². The van der Waals surface area contributed by atoms with Gasteiger partial charge in [-0.25, -0.2) is 4.79 Å². The summed E-state index contributed by atoms with van der Waals surface area (Å²) in [7, 11) is 1.34. The van der Waals surface area contributed by atoms with E-state index in [1.54, 1.807) is 19.2 Å². The van der Waals surface area contributed by atoms with Gasteiger partial charge in [-0.15, -0.1) is 0 Å². The molecule has 1 heterocycles. The molecule has 4 heteroatoms. The smallest absolute Gasteiger partial charge is 0.346 e. The molecule has 1 aromatic heterocycles. The zero-order valence-electron chi connectivity index (χ0n) is 9.71. The highest BCUT2D eigenvalue weighted by molar-refractivity contribution is 5.80. The van der Waals surface area contributed by atoms with Gasteiger partial charge in [0.15, 0.2) is 6.10 Å². The number of nitrogens with zero attached hydrogens (tertiary/aromatic N) is 1. The van der Waals surface area contributed by atoms with Crippen molar-refractivity contribution in [3.63, 3.8) is 0 Å². The van der Waals surface area contributed by atoms with Gasteiger partial charge in [-0.1, -0.05) is 6.07 Å². The molecule has 0 bridgehead atoms. The molecule has 2 aromatic rings. The molecule has 0 aliphatic rings. The Bertz CT molecular complexity index is 539. The van der Waals surface area contributed by atoms with E-state index in [0.29, 0.717) is 5.75 Å². The van der Waals surface area contributed by atoms with Crippen molar-refractivity contribution in [3.8, 4) is 5.75 Å². The molecule has 1 atom stereocenters. The molecule has 4 nitrogen and oxygen atoms in total. The molecule has 2 rings (SSSR count). The summed E-state index contributed by atoms with van der Waals surface area (Å²) in [5.41, 5.74) is 0.835. The number of fused-ring (bicyclic) bond motifs is 1. The summed E-state index contributed by atoms with van der Waals surface area (Å²) >= 11 is 0. The Hall–Kier alpha value is -2.10. The van der Waals surface area contributed by atoms with Gasteiger partial charge in [0.25, 0.3) is 0 Å². The van der Waals surface area contributed by atoms with E-state index in [4.69, 9.17) is 4.74 Å². The predicted molar refractivity (Wildman–Crippen MR) is 63.8 cm³/mol. The Morgan fingerprint density at radius 3 is 2.94 bits per heavy atom. The van der Waals surface area contributed by atoms with Crippen LogP contribution >= 0.6 is 0 Å². The molecular weight excluding hydrogens is 218 g/mol. The first-order chi connectivity index (χ1) is 8.20. The molecule has 0 saturated heterocycles. The van der Waals surface area contributed by atoms with Crippen LogP contribution in [0.4, 0.5) is 0 Å². The maximum atomic E-state index is 11.2. The van der Waals surface area contributed by atoms with Crippen LogP contribution in [-0.4, -0.2) is 24.2 Å². The van der Waals surface area contributed by atoms with Crippen LogP contribution in [0.1, 0.15) is 6.92 Å². The molecule has 0 fully saturated rings. The number of ether oxygens (including phenoxy) is 2. The van der Waals surface area contributed by atoms with E-state index in [2.05, 4.69) is 9.72 Å². The van der Waals surface area contributed by atoms with E-state index in [0.717, 1.165) is 10.9 Å². The van der Waals surface area contributed by atoms with E-state index in [9.17, 15) is 4.79 Å². The normalized spacial score (nSPS) is 12.1. The van der Waals surface area contributed by atoms with E-state index >= 15 is 0 Å². The predicted octanol–water partition coefficient (Wildman–Crippen LogP) is 2.18. The fourth-order valence-electron chi connectivity index (χ4n) is 1.54. The Balaban J connectivity index is 2.22. The third-order valence-corrected chi connectivity index (χ3v) is 2.42. The lowest BCUT2D eigenvalue weighted by Crippen LogP contribution is -2.24. The summed E-state index contributed by atoms with van der Waals surface area (Å²) in [6.45, 7) is 1.65. The van der Waals surface area contributed by atoms with Crippen LogP contribution in [0.15, 0.2) is 36.5 Å². The van der Waals surface area contributed by atoms with Crippen molar-refractivity contribution in [2.45, 2.75) is 13.0 Å². The monoisotopic (exact) mass is 231 g/mol. The molecule has 88 valence electrons. The first-order valence-electron chi connectivity index (χ1n) is 5.30. The molecule has 0 unspecified atom stereocenters. The standard InChI is InChI=1S/C13H13NO3/c1-9(13(15)16-2)17-11-6-5-10-4-3-7-14-12(10)8-11/h3-9H,1-2H3/t9-/m1/s1. The molecule has 17 heavy (non-hydrogen) atoms. The number of hydrogen-bond acceptors (Lipinski definition) is 4. The second kappa shape index (κ2) is 4.82. The summed E-state index contributed by atoms with van der Waals surface area (Å²) in [6.07, 6.45) is 1.09. The Morgan fingerprint density at radius 2 is 2.18 bits per heavy atom. The summed E-state index contributed by atoms with van der Waals surface area (Å²) in [6, 6.07) is 9.36. The third-order valence-electron chi connectivity index (χ3n) is 2.42. The molecule has 0 amide bonds. The number of rotatable bonds is 3. The van der Waals surface area contributed by atoms with Crippen LogP contribution in [0.5, 0.6) is 5.75 Å². The minimum atomic E-state index is -0.624. The molecule has 0 aliphatic carbocycles. The minimum absolute atomic E-state index is 0.397. The Kier molecular flexibility index (Phi) is 3.23. The Morgan fingerprint density at radius 1 is 1.35 bits per heavy atom. The van der Waals surface area contributed by atoms with Crippen molar-refractivity contribution >= 4 is 16.9 Å². The van der Waals surface area contributed by atoms with Crippen LogP contribution in [0.25, 0.3) is 10.9 Å². The zero-order chi connectivity index (χ0) is 12.3. The van der Waals surface area contributed by atoms with Crippen molar-refractivity contribution in [2.24, 2.45) is 0 Å². The van der Waals surface area contributed by atoms with Crippen LogP contribution in [-0.2, 0) is 9.53 Å². The molecular formula is C13H13NO3. The number of benzene rings is 1. The van der Waals surface area contributed by atoms with E-state index in [-0.39, 0.29) is 0 Å². The van der Waals surface area contributed by atoms with E-state index < -0.39 is 12.1 Å². The van der Waals surface area contributed by atoms with Gasteiger partial charge in [0.05, 0.1) is 12.6 Å². The topological polar surface area (TPSA) is 48.4 Å². The average Bonchev–Trinajstić information content (AvgIpc) is 2.37. The number of pyridine rings is 1. The van der Waals surface area contributed by atoms with Gasteiger partial charge >= 0.3 is 5.97 Å². The minimum Gasteiger partial charge on any atom is -0.479 e. The van der Waals surface area contributed by atoms with Gasteiger partial charge in [-0.3, -0.25) is 4.98 Å². The highest BCUT2D eigenvalue weighted by Gasteiger charge is 2.14. The summed E-state index contributed by atoms with van der Waals surface area (Å²) in [5, 5.41) is 1.03. The lowest BCUT2D eigenvalue weighted by atomic mass is 10.2. The van der Waals surface area contributed by atoms with Gasteiger partial charge in [0.2, 0.25) is 0 Å². The first kappa shape index (κ1) is 11.4. The summed E-state index contributed by atoms with van der Waals surface area (Å²) in [5.74, 6) is 0.209. The molecule has 1 aromatic carbocycles. The van der Waals surface area contributed by atoms with E-state index in [1.165, 1.54) is 7.11 Å².